The van der Waals surface area contributed by atoms with Crippen LogP contribution in [0.2, 0.25) is 0 Å². The van der Waals surface area contributed by atoms with Crippen LogP contribution in [-0.2, 0) is 0 Å². The van der Waals surface area contributed by atoms with Crippen LogP contribution in [0.15, 0.2) is 36.5 Å². The summed E-state index contributed by atoms with van der Waals surface area (Å²) in [4.78, 5) is 12.3. The third-order valence-electron chi connectivity index (χ3n) is 4.26. The zero-order chi connectivity index (χ0) is 15.4. The number of para-hydroxylation sites is 1. The van der Waals surface area contributed by atoms with E-state index in [-0.39, 0.29) is 5.91 Å². The van der Waals surface area contributed by atoms with Gasteiger partial charge in [0.05, 0.1) is 23.1 Å². The first-order valence-electron chi connectivity index (χ1n) is 7.84. The summed E-state index contributed by atoms with van der Waals surface area (Å²) in [6, 6.07) is 9.86. The Morgan fingerprint density at radius 1 is 1.41 bits per heavy atom. The lowest BCUT2D eigenvalue weighted by atomic mass is 10.1. The number of hydrogen-bond donors (Lipinski definition) is 2. The highest BCUT2D eigenvalue weighted by molar-refractivity contribution is 5.95. The van der Waals surface area contributed by atoms with Gasteiger partial charge in [0.15, 0.2) is 0 Å². The molecule has 1 atom stereocenters. The zero-order valence-electron chi connectivity index (χ0n) is 12.9. The second-order valence-electron chi connectivity index (χ2n) is 5.79. The van der Waals surface area contributed by atoms with Gasteiger partial charge in [-0.05, 0) is 50.9 Å². The van der Waals surface area contributed by atoms with Gasteiger partial charge in [-0.15, -0.1) is 0 Å². The van der Waals surface area contributed by atoms with Crippen molar-refractivity contribution in [1.29, 1.82) is 0 Å². The van der Waals surface area contributed by atoms with Crippen LogP contribution in [0, 0.1) is 12.8 Å². The molecule has 1 amide bonds. The van der Waals surface area contributed by atoms with E-state index >= 15 is 0 Å². The van der Waals surface area contributed by atoms with E-state index in [1.54, 1.807) is 10.9 Å². The molecule has 5 nitrogen and oxygen atoms in total. The third-order valence-corrected chi connectivity index (χ3v) is 4.26. The number of aromatic nitrogens is 2. The molecule has 0 spiro atoms. The largest absolute Gasteiger partial charge is 0.352 e. The maximum absolute atomic E-state index is 12.3. The van der Waals surface area contributed by atoms with Crippen LogP contribution in [-0.4, -0.2) is 35.3 Å². The lowest BCUT2D eigenvalue weighted by molar-refractivity contribution is 0.0951. The summed E-state index contributed by atoms with van der Waals surface area (Å²) in [7, 11) is 0. The van der Waals surface area contributed by atoms with Gasteiger partial charge in [0.2, 0.25) is 0 Å². The van der Waals surface area contributed by atoms with Gasteiger partial charge in [0.1, 0.15) is 0 Å². The van der Waals surface area contributed by atoms with Crippen molar-refractivity contribution in [2.75, 3.05) is 19.6 Å². The second-order valence-corrected chi connectivity index (χ2v) is 5.79. The lowest BCUT2D eigenvalue weighted by Gasteiger charge is -2.09. The van der Waals surface area contributed by atoms with Gasteiger partial charge in [-0.1, -0.05) is 18.2 Å². The summed E-state index contributed by atoms with van der Waals surface area (Å²) in [6.45, 7) is 4.82. The summed E-state index contributed by atoms with van der Waals surface area (Å²) in [5.41, 5.74) is 2.48. The monoisotopic (exact) mass is 298 g/mol. The Morgan fingerprint density at radius 2 is 2.23 bits per heavy atom. The molecule has 1 aliphatic heterocycles. The number of nitrogens with one attached hydrogen (secondary N) is 2. The summed E-state index contributed by atoms with van der Waals surface area (Å²) >= 11 is 0. The summed E-state index contributed by atoms with van der Waals surface area (Å²) < 4.78 is 1.80. The van der Waals surface area contributed by atoms with Crippen LogP contribution < -0.4 is 10.6 Å². The smallest absolute Gasteiger partial charge is 0.254 e. The maximum atomic E-state index is 12.3. The first kappa shape index (κ1) is 14.8. The molecule has 2 N–H and O–H groups in total. The molecule has 1 unspecified atom stereocenters. The molecule has 2 aromatic rings. The van der Waals surface area contributed by atoms with E-state index in [1.807, 2.05) is 37.3 Å². The number of carbonyl (C=O) groups excluding carboxylic acids is 1. The molecule has 5 heteroatoms. The van der Waals surface area contributed by atoms with E-state index in [2.05, 4.69) is 15.7 Å². The Labute approximate surface area is 130 Å². The molecule has 0 aliphatic carbocycles. The predicted molar refractivity (Wildman–Crippen MR) is 86.2 cm³/mol. The number of hydrogen-bond acceptors (Lipinski definition) is 3. The molecular formula is C17H22N4O. The van der Waals surface area contributed by atoms with Gasteiger partial charge in [-0.3, -0.25) is 4.79 Å². The lowest BCUT2D eigenvalue weighted by Crippen LogP contribution is -2.26. The van der Waals surface area contributed by atoms with Crippen LogP contribution in [0.3, 0.4) is 0 Å². The highest BCUT2D eigenvalue weighted by Gasteiger charge is 2.17. The van der Waals surface area contributed by atoms with Crippen molar-refractivity contribution in [3.8, 4) is 5.69 Å². The standard InChI is InChI=1S/C17H22N4O/c1-13-16(12-20-21(13)15-5-3-2-4-6-15)17(22)19-10-8-14-7-9-18-11-14/h2-6,12,14,18H,7-11H2,1H3,(H,19,22). The molecule has 0 saturated carbocycles. The average molecular weight is 298 g/mol. The first-order valence-corrected chi connectivity index (χ1v) is 7.84. The van der Waals surface area contributed by atoms with E-state index in [1.165, 1.54) is 6.42 Å². The highest BCUT2D eigenvalue weighted by Crippen LogP contribution is 2.14. The minimum absolute atomic E-state index is 0.0364. The van der Waals surface area contributed by atoms with Crippen LogP contribution in [0.5, 0.6) is 0 Å². The molecule has 0 bridgehead atoms. The summed E-state index contributed by atoms with van der Waals surface area (Å²) in [5, 5.41) is 10.7. The molecule has 1 fully saturated rings. The van der Waals surface area contributed by atoms with E-state index in [0.717, 1.165) is 37.4 Å². The van der Waals surface area contributed by atoms with Crippen molar-refractivity contribution in [1.82, 2.24) is 20.4 Å². The molecule has 1 aliphatic rings. The topological polar surface area (TPSA) is 59.0 Å². The maximum Gasteiger partial charge on any atom is 0.254 e. The van der Waals surface area contributed by atoms with Gasteiger partial charge in [0.25, 0.3) is 5.91 Å². The summed E-state index contributed by atoms with van der Waals surface area (Å²) in [6.07, 6.45) is 3.89. The van der Waals surface area contributed by atoms with Gasteiger partial charge < -0.3 is 10.6 Å². The number of rotatable bonds is 5. The van der Waals surface area contributed by atoms with Crippen molar-refractivity contribution in [3.05, 3.63) is 47.8 Å². The van der Waals surface area contributed by atoms with Crippen molar-refractivity contribution in [3.63, 3.8) is 0 Å². The second kappa shape index (κ2) is 6.75. The van der Waals surface area contributed by atoms with Crippen molar-refractivity contribution < 1.29 is 4.79 Å². The average Bonchev–Trinajstić information content (AvgIpc) is 3.18. The normalized spacial score (nSPS) is 17.6. The fourth-order valence-electron chi connectivity index (χ4n) is 2.91. The van der Waals surface area contributed by atoms with Crippen molar-refractivity contribution in [2.45, 2.75) is 19.8 Å². The Morgan fingerprint density at radius 3 is 2.95 bits per heavy atom. The van der Waals surface area contributed by atoms with E-state index < -0.39 is 0 Å². The van der Waals surface area contributed by atoms with Crippen molar-refractivity contribution in [2.24, 2.45) is 5.92 Å². The Balaban J connectivity index is 1.62. The molecular weight excluding hydrogens is 276 g/mol. The Hall–Kier alpha value is -2.14. The fourth-order valence-corrected chi connectivity index (χ4v) is 2.91. The molecule has 22 heavy (non-hydrogen) atoms. The number of benzene rings is 1. The zero-order valence-corrected chi connectivity index (χ0v) is 12.9. The summed E-state index contributed by atoms with van der Waals surface area (Å²) in [5.74, 6) is 0.652. The van der Waals surface area contributed by atoms with Gasteiger partial charge in [0, 0.05) is 6.54 Å². The molecule has 1 aromatic carbocycles. The Kier molecular flexibility index (Phi) is 4.53. The molecule has 2 heterocycles. The first-order chi connectivity index (χ1) is 10.8. The van der Waals surface area contributed by atoms with Gasteiger partial charge in [-0.25, -0.2) is 4.68 Å². The van der Waals surface area contributed by atoms with Crippen molar-refractivity contribution >= 4 is 5.91 Å². The van der Waals surface area contributed by atoms with E-state index in [9.17, 15) is 4.79 Å². The third kappa shape index (κ3) is 3.20. The molecule has 116 valence electrons. The van der Waals surface area contributed by atoms with Gasteiger partial charge >= 0.3 is 0 Å². The molecule has 3 rings (SSSR count). The fraction of sp³-hybridized carbons (Fsp3) is 0.412. The molecule has 1 aromatic heterocycles. The van der Waals surface area contributed by atoms with Gasteiger partial charge in [-0.2, -0.15) is 5.10 Å². The van der Waals surface area contributed by atoms with E-state index in [4.69, 9.17) is 0 Å². The predicted octanol–water partition coefficient (Wildman–Crippen LogP) is 1.91. The molecule has 1 saturated heterocycles. The van der Waals surface area contributed by atoms with Crippen LogP contribution in [0.1, 0.15) is 28.9 Å². The van der Waals surface area contributed by atoms with Crippen LogP contribution >= 0.6 is 0 Å². The highest BCUT2D eigenvalue weighted by atomic mass is 16.1. The SMILES string of the molecule is Cc1c(C(=O)NCCC2CCNC2)cnn1-c1ccccc1. The minimum Gasteiger partial charge on any atom is -0.352 e. The molecule has 0 radical (unpaired) electrons. The number of carbonyl (C=O) groups is 1. The number of nitrogens with zero attached hydrogens (tertiary/aromatic N) is 2. The van der Waals surface area contributed by atoms with Crippen LogP contribution in [0.4, 0.5) is 0 Å². The Bertz CT molecular complexity index is 629. The van der Waals surface area contributed by atoms with Crippen LogP contribution in [0.25, 0.3) is 5.69 Å². The minimum atomic E-state index is -0.0364. The number of amides is 1. The quantitative estimate of drug-likeness (QED) is 0.886. The van der Waals surface area contributed by atoms with E-state index in [0.29, 0.717) is 11.5 Å².